The van der Waals surface area contributed by atoms with E-state index in [0.717, 1.165) is 36.8 Å². The molecule has 0 aromatic carbocycles. The van der Waals surface area contributed by atoms with Crippen LogP contribution in [0.2, 0.25) is 0 Å². The summed E-state index contributed by atoms with van der Waals surface area (Å²) in [7, 11) is 0. The van der Waals surface area contributed by atoms with E-state index < -0.39 is 5.82 Å². The number of hydrazine groups is 2. The number of aromatic nitrogens is 2. The van der Waals surface area contributed by atoms with Crippen molar-refractivity contribution in [3.05, 3.63) is 29.6 Å². The van der Waals surface area contributed by atoms with Gasteiger partial charge in [-0.2, -0.15) is 0 Å². The lowest BCUT2D eigenvalue weighted by Gasteiger charge is -2.24. The fourth-order valence-electron chi connectivity index (χ4n) is 1.99. The van der Waals surface area contributed by atoms with Gasteiger partial charge in [-0.05, 0) is 6.92 Å². The second-order valence-electron chi connectivity index (χ2n) is 4.18. The molecule has 6 nitrogen and oxygen atoms in total. The zero-order chi connectivity index (χ0) is 11.8. The Morgan fingerprint density at radius 3 is 2.94 bits per heavy atom. The predicted molar refractivity (Wildman–Crippen MR) is 59.8 cm³/mol. The van der Waals surface area contributed by atoms with E-state index in [2.05, 4.69) is 33.2 Å². The van der Waals surface area contributed by atoms with E-state index in [0.29, 0.717) is 12.0 Å². The summed E-state index contributed by atoms with van der Waals surface area (Å²) in [4.78, 5) is 7.92. The summed E-state index contributed by atoms with van der Waals surface area (Å²) in [5, 5.41) is 5.10. The lowest BCUT2D eigenvalue weighted by atomic mass is 10.1. The highest BCUT2D eigenvalue weighted by atomic mass is 19.1. The van der Waals surface area contributed by atoms with Crippen molar-refractivity contribution in [1.29, 1.82) is 0 Å². The zero-order valence-corrected chi connectivity index (χ0v) is 9.37. The van der Waals surface area contributed by atoms with Crippen molar-refractivity contribution in [3.8, 4) is 0 Å². The third-order valence-corrected chi connectivity index (χ3v) is 2.87. The van der Waals surface area contributed by atoms with E-state index in [4.69, 9.17) is 0 Å². The molecule has 17 heavy (non-hydrogen) atoms. The highest BCUT2D eigenvalue weighted by molar-refractivity contribution is 5.43. The summed E-state index contributed by atoms with van der Waals surface area (Å²) in [6, 6.07) is 0.401. The summed E-state index contributed by atoms with van der Waals surface area (Å²) in [6.45, 7) is 2.90. The smallest absolute Gasteiger partial charge is 0.246 e. The molecular formula is C10H13FN6. The van der Waals surface area contributed by atoms with Crippen LogP contribution in [0.4, 0.5) is 10.3 Å². The molecule has 0 bridgehead atoms. The van der Waals surface area contributed by atoms with Gasteiger partial charge in [-0.3, -0.25) is 0 Å². The number of hydrogen-bond donors (Lipinski definition) is 3. The Morgan fingerprint density at radius 2 is 2.18 bits per heavy atom. The third kappa shape index (κ3) is 1.83. The molecule has 90 valence electrons. The SMILES string of the molecule is C[C@H]1CC2=C(CN1)NNN2c1ncc(F)cn1. The van der Waals surface area contributed by atoms with E-state index in [1.54, 1.807) is 5.01 Å². The second-order valence-corrected chi connectivity index (χ2v) is 4.18. The van der Waals surface area contributed by atoms with Crippen molar-refractivity contribution >= 4 is 5.95 Å². The molecule has 0 fully saturated rings. The van der Waals surface area contributed by atoms with Gasteiger partial charge in [0.05, 0.1) is 23.8 Å². The fraction of sp³-hybridized carbons (Fsp3) is 0.400. The molecule has 3 rings (SSSR count). The normalized spacial score (nSPS) is 23.6. The number of nitrogens with one attached hydrogen (secondary N) is 3. The van der Waals surface area contributed by atoms with E-state index in [9.17, 15) is 4.39 Å². The molecule has 3 N–H and O–H groups in total. The Bertz CT molecular complexity index is 456. The Balaban J connectivity index is 1.90. The van der Waals surface area contributed by atoms with Crippen LogP contribution >= 0.6 is 0 Å². The lowest BCUT2D eigenvalue weighted by Crippen LogP contribution is -2.39. The van der Waals surface area contributed by atoms with Crippen molar-refractivity contribution in [3.63, 3.8) is 0 Å². The molecule has 0 spiro atoms. The van der Waals surface area contributed by atoms with Gasteiger partial charge in [0.1, 0.15) is 0 Å². The van der Waals surface area contributed by atoms with Crippen molar-refractivity contribution in [2.45, 2.75) is 19.4 Å². The number of halogens is 1. The summed E-state index contributed by atoms with van der Waals surface area (Å²) in [6.07, 6.45) is 3.19. The summed E-state index contributed by atoms with van der Waals surface area (Å²) in [5.41, 5.74) is 8.22. The summed E-state index contributed by atoms with van der Waals surface area (Å²) in [5.74, 6) is 0.00629. The van der Waals surface area contributed by atoms with Crippen molar-refractivity contribution in [2.75, 3.05) is 11.6 Å². The van der Waals surface area contributed by atoms with E-state index in [-0.39, 0.29) is 0 Å². The topological polar surface area (TPSA) is 65.1 Å². The van der Waals surface area contributed by atoms with Gasteiger partial charge in [-0.15, -0.1) is 5.53 Å². The monoisotopic (exact) mass is 236 g/mol. The van der Waals surface area contributed by atoms with Gasteiger partial charge >= 0.3 is 0 Å². The van der Waals surface area contributed by atoms with Gasteiger partial charge in [0.2, 0.25) is 5.95 Å². The average molecular weight is 236 g/mol. The molecule has 0 saturated heterocycles. The first kappa shape index (κ1) is 10.4. The minimum atomic E-state index is -0.436. The molecule has 0 amide bonds. The van der Waals surface area contributed by atoms with Gasteiger partial charge in [0.15, 0.2) is 5.82 Å². The quantitative estimate of drug-likeness (QED) is 0.640. The molecule has 0 unspecified atom stereocenters. The van der Waals surface area contributed by atoms with Crippen LogP contribution in [-0.2, 0) is 0 Å². The molecule has 0 radical (unpaired) electrons. The molecule has 2 aliphatic rings. The Hall–Kier alpha value is -1.73. The third-order valence-electron chi connectivity index (χ3n) is 2.87. The molecule has 0 saturated carbocycles. The van der Waals surface area contributed by atoms with Gasteiger partial charge in [0, 0.05) is 19.0 Å². The van der Waals surface area contributed by atoms with Gasteiger partial charge in [-0.1, -0.05) is 0 Å². The van der Waals surface area contributed by atoms with Gasteiger partial charge < -0.3 is 10.7 Å². The maximum absolute atomic E-state index is 12.8. The molecule has 1 aromatic heterocycles. The standard InChI is InChI=1S/C10H13FN6/c1-6-2-9-8(5-12-6)15-16-17(9)10-13-3-7(11)4-14-10/h3-4,6,12,15-16H,2,5H2,1H3/t6-/m0/s1. The highest BCUT2D eigenvalue weighted by Crippen LogP contribution is 2.24. The minimum Gasteiger partial charge on any atom is -0.308 e. The van der Waals surface area contributed by atoms with Crippen LogP contribution < -0.4 is 21.3 Å². The number of anilines is 1. The zero-order valence-electron chi connectivity index (χ0n) is 9.37. The Morgan fingerprint density at radius 1 is 1.41 bits per heavy atom. The molecule has 7 heteroatoms. The van der Waals surface area contributed by atoms with Crippen LogP contribution in [0.25, 0.3) is 0 Å². The average Bonchev–Trinajstić information content (AvgIpc) is 2.73. The van der Waals surface area contributed by atoms with Crippen LogP contribution in [0.3, 0.4) is 0 Å². The largest absolute Gasteiger partial charge is 0.308 e. The first-order chi connectivity index (χ1) is 8.24. The molecule has 0 aliphatic carbocycles. The first-order valence-corrected chi connectivity index (χ1v) is 5.49. The highest BCUT2D eigenvalue weighted by Gasteiger charge is 2.29. The molecule has 2 aliphatic heterocycles. The lowest BCUT2D eigenvalue weighted by molar-refractivity contribution is 0.533. The van der Waals surface area contributed by atoms with Crippen LogP contribution in [0, 0.1) is 5.82 Å². The number of rotatable bonds is 1. The summed E-state index contributed by atoms with van der Waals surface area (Å²) >= 11 is 0. The van der Waals surface area contributed by atoms with Crippen LogP contribution in [0.5, 0.6) is 0 Å². The van der Waals surface area contributed by atoms with E-state index in [1.807, 2.05) is 0 Å². The Kier molecular flexibility index (Phi) is 2.41. The Labute approximate surface area is 97.9 Å². The summed E-state index contributed by atoms with van der Waals surface area (Å²) < 4.78 is 12.8. The van der Waals surface area contributed by atoms with Crippen LogP contribution in [0.15, 0.2) is 23.8 Å². The second kappa shape index (κ2) is 3.94. The fourth-order valence-corrected chi connectivity index (χ4v) is 1.99. The first-order valence-electron chi connectivity index (χ1n) is 5.49. The minimum absolute atomic E-state index is 0.401. The maximum atomic E-state index is 12.8. The van der Waals surface area contributed by atoms with Crippen molar-refractivity contribution in [1.82, 2.24) is 26.2 Å². The number of nitrogens with zero attached hydrogens (tertiary/aromatic N) is 3. The predicted octanol–water partition coefficient (Wildman–Crippen LogP) is 0.0383. The molecule has 3 heterocycles. The molecule has 1 atom stereocenters. The molecular weight excluding hydrogens is 223 g/mol. The van der Waals surface area contributed by atoms with Crippen molar-refractivity contribution < 1.29 is 4.39 Å². The van der Waals surface area contributed by atoms with E-state index >= 15 is 0 Å². The van der Waals surface area contributed by atoms with Gasteiger partial charge in [-0.25, -0.2) is 19.4 Å². The van der Waals surface area contributed by atoms with Gasteiger partial charge in [0.25, 0.3) is 0 Å². The van der Waals surface area contributed by atoms with Crippen LogP contribution in [-0.4, -0.2) is 22.6 Å². The molecule has 1 aromatic rings. The maximum Gasteiger partial charge on any atom is 0.246 e. The van der Waals surface area contributed by atoms with Crippen molar-refractivity contribution in [2.24, 2.45) is 0 Å². The van der Waals surface area contributed by atoms with Crippen LogP contribution in [0.1, 0.15) is 13.3 Å². The van der Waals surface area contributed by atoms with E-state index in [1.165, 1.54) is 0 Å². The number of hydrogen-bond acceptors (Lipinski definition) is 6.